The van der Waals surface area contributed by atoms with Crippen molar-refractivity contribution in [3.8, 4) is 0 Å². The van der Waals surface area contributed by atoms with Gasteiger partial charge in [0.1, 0.15) is 0 Å². The van der Waals surface area contributed by atoms with Gasteiger partial charge in [-0.3, -0.25) is 4.79 Å². The summed E-state index contributed by atoms with van der Waals surface area (Å²) in [6.45, 7) is 2.75. The Morgan fingerprint density at radius 3 is 2.17 bits per heavy atom. The van der Waals surface area contributed by atoms with Crippen molar-refractivity contribution < 1.29 is 4.79 Å². The second-order valence-electron chi connectivity index (χ2n) is 5.64. The summed E-state index contributed by atoms with van der Waals surface area (Å²) in [5.41, 5.74) is 9.56. The number of benzene rings is 2. The molecule has 0 aromatic heterocycles. The Labute approximate surface area is 144 Å². The van der Waals surface area contributed by atoms with Crippen molar-refractivity contribution in [3.05, 3.63) is 71.3 Å². The molecule has 0 aliphatic rings. The fourth-order valence-electron chi connectivity index (χ4n) is 2.40. The molecule has 1 amide bonds. The number of amides is 1. The highest BCUT2D eigenvalue weighted by Crippen LogP contribution is 2.15. The third-order valence-corrected chi connectivity index (χ3v) is 3.90. The number of aryl methyl sites for hydroxylation is 1. The fourth-order valence-corrected chi connectivity index (χ4v) is 2.40. The molecule has 0 saturated heterocycles. The number of carbonyl (C=O) groups is 1. The van der Waals surface area contributed by atoms with Gasteiger partial charge in [0, 0.05) is 26.1 Å². The first-order chi connectivity index (χ1) is 10.6. The van der Waals surface area contributed by atoms with Crippen LogP contribution in [-0.4, -0.2) is 17.9 Å². The summed E-state index contributed by atoms with van der Waals surface area (Å²) >= 11 is 0. The Bertz CT molecular complexity index is 599. The molecule has 2 aromatic rings. The van der Waals surface area contributed by atoms with Crippen LogP contribution in [0.4, 0.5) is 0 Å². The Morgan fingerprint density at radius 2 is 1.61 bits per heavy atom. The lowest BCUT2D eigenvalue weighted by Crippen LogP contribution is -2.29. The van der Waals surface area contributed by atoms with E-state index in [1.165, 1.54) is 5.56 Å². The standard InChI is InChI=1S/C19H24N2O.ClH/c1-3-15-9-11-16(12-10-15)14-21(2)19(22)13-18(20)17-7-5-4-6-8-17;/h4-12,18H,3,13-14,20H2,1-2H3;1H. The van der Waals surface area contributed by atoms with Gasteiger partial charge in [0.15, 0.2) is 0 Å². The number of halogens is 1. The summed E-state index contributed by atoms with van der Waals surface area (Å²) in [6.07, 6.45) is 1.36. The van der Waals surface area contributed by atoms with E-state index in [0.29, 0.717) is 13.0 Å². The molecule has 0 heterocycles. The highest BCUT2D eigenvalue weighted by atomic mass is 35.5. The van der Waals surface area contributed by atoms with Crippen LogP contribution in [0.1, 0.15) is 36.1 Å². The fraction of sp³-hybridized carbons (Fsp3) is 0.316. The molecule has 3 nitrogen and oxygen atoms in total. The van der Waals surface area contributed by atoms with E-state index in [1.807, 2.05) is 37.4 Å². The molecule has 1 atom stereocenters. The highest BCUT2D eigenvalue weighted by molar-refractivity contribution is 5.85. The van der Waals surface area contributed by atoms with Gasteiger partial charge in [-0.15, -0.1) is 12.4 Å². The predicted octanol–water partition coefficient (Wildman–Crippen LogP) is 3.72. The minimum absolute atomic E-state index is 0. The molecular weight excluding hydrogens is 308 g/mol. The maximum Gasteiger partial charge on any atom is 0.224 e. The maximum absolute atomic E-state index is 12.3. The van der Waals surface area contributed by atoms with E-state index in [1.54, 1.807) is 4.90 Å². The highest BCUT2D eigenvalue weighted by Gasteiger charge is 2.15. The molecule has 4 heteroatoms. The molecule has 0 fully saturated rings. The lowest BCUT2D eigenvalue weighted by atomic mass is 10.0. The van der Waals surface area contributed by atoms with Crippen LogP contribution in [0.2, 0.25) is 0 Å². The minimum atomic E-state index is -0.251. The lowest BCUT2D eigenvalue weighted by molar-refractivity contribution is -0.130. The smallest absolute Gasteiger partial charge is 0.224 e. The van der Waals surface area contributed by atoms with E-state index in [4.69, 9.17) is 5.73 Å². The molecule has 2 N–H and O–H groups in total. The second kappa shape index (κ2) is 9.33. The topological polar surface area (TPSA) is 46.3 Å². The SMILES string of the molecule is CCc1ccc(CN(C)C(=O)CC(N)c2ccccc2)cc1.Cl. The molecule has 2 rings (SSSR count). The zero-order chi connectivity index (χ0) is 15.9. The van der Waals surface area contributed by atoms with Crippen LogP contribution >= 0.6 is 12.4 Å². The Kier molecular flexibility index (Phi) is 7.79. The number of nitrogens with zero attached hydrogens (tertiary/aromatic N) is 1. The summed E-state index contributed by atoms with van der Waals surface area (Å²) in [7, 11) is 1.83. The monoisotopic (exact) mass is 332 g/mol. The summed E-state index contributed by atoms with van der Waals surface area (Å²) in [5.74, 6) is 0.0657. The summed E-state index contributed by atoms with van der Waals surface area (Å²) < 4.78 is 0. The van der Waals surface area contributed by atoms with Crippen LogP contribution in [0.3, 0.4) is 0 Å². The molecule has 0 aliphatic heterocycles. The molecule has 0 saturated carbocycles. The molecular formula is C19H25ClN2O. The molecule has 0 spiro atoms. The first-order valence-corrected chi connectivity index (χ1v) is 7.72. The zero-order valence-electron chi connectivity index (χ0n) is 13.7. The Hall–Kier alpha value is -1.84. The van der Waals surface area contributed by atoms with Crippen molar-refractivity contribution in [2.75, 3.05) is 7.05 Å². The van der Waals surface area contributed by atoms with Gasteiger partial charge >= 0.3 is 0 Å². The van der Waals surface area contributed by atoms with Gasteiger partial charge in [0.25, 0.3) is 0 Å². The molecule has 2 aromatic carbocycles. The molecule has 0 radical (unpaired) electrons. The summed E-state index contributed by atoms with van der Waals surface area (Å²) in [5, 5.41) is 0. The van der Waals surface area contributed by atoms with Gasteiger partial charge in [-0.2, -0.15) is 0 Å². The van der Waals surface area contributed by atoms with Gasteiger partial charge in [0.2, 0.25) is 5.91 Å². The van der Waals surface area contributed by atoms with Crippen molar-refractivity contribution in [2.24, 2.45) is 5.73 Å². The van der Waals surface area contributed by atoms with Crippen molar-refractivity contribution >= 4 is 18.3 Å². The van der Waals surface area contributed by atoms with Crippen LogP contribution in [0, 0.1) is 0 Å². The Morgan fingerprint density at radius 1 is 1.04 bits per heavy atom. The quantitative estimate of drug-likeness (QED) is 0.876. The van der Waals surface area contributed by atoms with Crippen LogP contribution in [0.15, 0.2) is 54.6 Å². The normalized spacial score (nSPS) is 11.4. The third kappa shape index (κ3) is 5.70. The maximum atomic E-state index is 12.3. The van der Waals surface area contributed by atoms with Crippen LogP contribution < -0.4 is 5.73 Å². The van der Waals surface area contributed by atoms with Gasteiger partial charge in [0.05, 0.1) is 0 Å². The van der Waals surface area contributed by atoms with Gasteiger partial charge in [-0.1, -0.05) is 61.5 Å². The van der Waals surface area contributed by atoms with Crippen LogP contribution in [0.5, 0.6) is 0 Å². The van der Waals surface area contributed by atoms with Crippen LogP contribution in [-0.2, 0) is 17.8 Å². The van der Waals surface area contributed by atoms with Crippen molar-refractivity contribution in [2.45, 2.75) is 32.4 Å². The van der Waals surface area contributed by atoms with E-state index in [9.17, 15) is 4.79 Å². The summed E-state index contributed by atoms with van der Waals surface area (Å²) in [4.78, 5) is 14.0. The molecule has 124 valence electrons. The number of hydrogen-bond acceptors (Lipinski definition) is 2. The number of rotatable bonds is 6. The molecule has 1 unspecified atom stereocenters. The van der Waals surface area contributed by atoms with E-state index < -0.39 is 0 Å². The Balaban J connectivity index is 0.00000264. The van der Waals surface area contributed by atoms with Crippen molar-refractivity contribution in [1.82, 2.24) is 4.90 Å². The number of hydrogen-bond donors (Lipinski definition) is 1. The van der Waals surface area contributed by atoms with Crippen LogP contribution in [0.25, 0.3) is 0 Å². The average Bonchev–Trinajstić information content (AvgIpc) is 2.56. The average molecular weight is 333 g/mol. The minimum Gasteiger partial charge on any atom is -0.341 e. The predicted molar refractivity (Wildman–Crippen MR) is 97.5 cm³/mol. The zero-order valence-corrected chi connectivity index (χ0v) is 14.6. The van der Waals surface area contributed by atoms with E-state index in [2.05, 4.69) is 31.2 Å². The lowest BCUT2D eigenvalue weighted by Gasteiger charge is -2.20. The van der Waals surface area contributed by atoms with Gasteiger partial charge < -0.3 is 10.6 Å². The van der Waals surface area contributed by atoms with E-state index >= 15 is 0 Å². The third-order valence-electron chi connectivity index (χ3n) is 3.90. The molecule has 0 aliphatic carbocycles. The molecule has 0 bridgehead atoms. The summed E-state index contributed by atoms with van der Waals surface area (Å²) in [6, 6.07) is 17.9. The second-order valence-corrected chi connectivity index (χ2v) is 5.64. The first kappa shape index (κ1) is 19.2. The number of nitrogens with two attached hydrogens (primary N) is 1. The number of carbonyl (C=O) groups excluding carboxylic acids is 1. The van der Waals surface area contributed by atoms with E-state index in [-0.39, 0.29) is 24.4 Å². The van der Waals surface area contributed by atoms with Gasteiger partial charge in [-0.25, -0.2) is 0 Å². The van der Waals surface area contributed by atoms with Crippen molar-refractivity contribution in [1.29, 1.82) is 0 Å². The van der Waals surface area contributed by atoms with E-state index in [0.717, 1.165) is 17.5 Å². The van der Waals surface area contributed by atoms with Crippen molar-refractivity contribution in [3.63, 3.8) is 0 Å². The first-order valence-electron chi connectivity index (χ1n) is 7.72. The van der Waals surface area contributed by atoms with Gasteiger partial charge in [-0.05, 0) is 23.1 Å². The molecule has 23 heavy (non-hydrogen) atoms. The largest absolute Gasteiger partial charge is 0.341 e.